The third-order valence-electron chi connectivity index (χ3n) is 2.82. The van der Waals surface area contributed by atoms with Gasteiger partial charge in [0.05, 0.1) is 15.8 Å². The van der Waals surface area contributed by atoms with Crippen molar-refractivity contribution < 1.29 is 14.3 Å². The predicted molar refractivity (Wildman–Crippen MR) is 82.4 cm³/mol. The van der Waals surface area contributed by atoms with Gasteiger partial charge in [0, 0.05) is 4.47 Å². The zero-order valence-electron chi connectivity index (χ0n) is 10.8. The summed E-state index contributed by atoms with van der Waals surface area (Å²) in [5, 5.41) is 2.73. The van der Waals surface area contributed by atoms with E-state index in [0.29, 0.717) is 4.88 Å². The van der Waals surface area contributed by atoms with Gasteiger partial charge in [-0.1, -0.05) is 20.3 Å². The Morgan fingerprint density at radius 1 is 1.47 bits per heavy atom. The Labute approximate surface area is 133 Å². The molecule has 7 heteroatoms. The lowest BCUT2D eigenvalue weighted by molar-refractivity contribution is -0.144. The van der Waals surface area contributed by atoms with Crippen LogP contribution in [0.15, 0.2) is 14.3 Å². The van der Waals surface area contributed by atoms with E-state index in [-0.39, 0.29) is 11.8 Å². The maximum Gasteiger partial charge on any atom is 0.328 e. The van der Waals surface area contributed by atoms with Gasteiger partial charge in [-0.3, -0.25) is 4.79 Å². The predicted octanol–water partition coefficient (Wildman–Crippen LogP) is 3.59. The van der Waals surface area contributed by atoms with Crippen molar-refractivity contribution >= 4 is 55.1 Å². The summed E-state index contributed by atoms with van der Waals surface area (Å²) >= 11 is 7.97. The van der Waals surface area contributed by atoms with Gasteiger partial charge >= 0.3 is 5.97 Å². The Hall–Kier alpha value is -0.400. The molecule has 1 aromatic heterocycles. The first-order valence-corrected chi connectivity index (χ1v) is 8.14. The Morgan fingerprint density at radius 3 is 2.53 bits per heavy atom. The summed E-state index contributed by atoms with van der Waals surface area (Å²) in [6.45, 7) is 3.87. The molecule has 19 heavy (non-hydrogen) atoms. The number of rotatable bonds is 5. The van der Waals surface area contributed by atoms with Crippen molar-refractivity contribution in [2.45, 2.75) is 26.3 Å². The van der Waals surface area contributed by atoms with Crippen molar-refractivity contribution in [3.05, 3.63) is 19.2 Å². The number of esters is 1. The molecule has 1 N–H and O–H groups in total. The number of ether oxygens (including phenoxy) is 1. The van der Waals surface area contributed by atoms with Crippen LogP contribution in [0.1, 0.15) is 29.9 Å². The molecule has 0 saturated carbocycles. The Morgan fingerprint density at radius 2 is 2.11 bits per heavy atom. The first-order chi connectivity index (χ1) is 8.90. The first-order valence-electron chi connectivity index (χ1n) is 5.74. The Kier molecular flexibility index (Phi) is 6.49. The quantitative estimate of drug-likeness (QED) is 0.751. The lowest BCUT2D eigenvalue weighted by atomic mass is 9.99. The smallest absolute Gasteiger partial charge is 0.328 e. The van der Waals surface area contributed by atoms with Crippen LogP contribution in [0.4, 0.5) is 0 Å². The highest BCUT2D eigenvalue weighted by Gasteiger charge is 2.27. The largest absolute Gasteiger partial charge is 0.467 e. The van der Waals surface area contributed by atoms with Gasteiger partial charge in [0.1, 0.15) is 6.04 Å². The molecule has 0 fully saturated rings. The molecule has 2 atom stereocenters. The van der Waals surface area contributed by atoms with E-state index in [1.165, 1.54) is 18.4 Å². The minimum absolute atomic E-state index is 0.0169. The molecule has 1 aromatic rings. The standard InChI is InChI=1S/C12H15Br2NO3S/c1-4-6(2)9(12(17)18-3)15-11(16)8-5-7(13)10(14)19-8/h5-6,9H,4H2,1-3H3,(H,15,16)/t6-,9-/m0/s1. The lowest BCUT2D eigenvalue weighted by Crippen LogP contribution is -2.45. The molecule has 0 saturated heterocycles. The van der Waals surface area contributed by atoms with Crippen molar-refractivity contribution in [2.75, 3.05) is 7.11 Å². The SMILES string of the molecule is CC[C@H](C)[C@H](NC(=O)c1cc(Br)c(Br)s1)C(=O)OC. The summed E-state index contributed by atoms with van der Waals surface area (Å²) in [5.41, 5.74) is 0. The summed E-state index contributed by atoms with van der Waals surface area (Å²) in [6.07, 6.45) is 0.776. The number of carbonyl (C=O) groups is 2. The van der Waals surface area contributed by atoms with Gasteiger partial charge in [-0.15, -0.1) is 11.3 Å². The number of methoxy groups -OCH3 is 1. The molecule has 0 aliphatic heterocycles. The van der Waals surface area contributed by atoms with Crippen LogP contribution >= 0.6 is 43.2 Å². The van der Waals surface area contributed by atoms with E-state index >= 15 is 0 Å². The summed E-state index contributed by atoms with van der Waals surface area (Å²) in [6, 6.07) is 1.09. The fourth-order valence-corrected chi connectivity index (χ4v) is 3.41. The second-order valence-corrected chi connectivity index (χ2v) is 7.32. The molecule has 0 aliphatic rings. The van der Waals surface area contributed by atoms with Crippen LogP contribution in [0, 0.1) is 5.92 Å². The zero-order valence-corrected chi connectivity index (χ0v) is 14.8. The molecule has 4 nitrogen and oxygen atoms in total. The highest BCUT2D eigenvalue weighted by Crippen LogP contribution is 2.32. The number of hydrogen-bond donors (Lipinski definition) is 1. The van der Waals surface area contributed by atoms with Gasteiger partial charge in [-0.25, -0.2) is 4.79 Å². The molecular weight excluding hydrogens is 398 g/mol. The van der Waals surface area contributed by atoms with Gasteiger partial charge in [0.25, 0.3) is 5.91 Å². The average molecular weight is 413 g/mol. The summed E-state index contributed by atoms with van der Waals surface area (Å²) in [4.78, 5) is 24.3. The highest BCUT2D eigenvalue weighted by atomic mass is 79.9. The van der Waals surface area contributed by atoms with Gasteiger partial charge in [0.15, 0.2) is 0 Å². The van der Waals surface area contributed by atoms with Crippen LogP contribution in [0.2, 0.25) is 0 Å². The second-order valence-electron chi connectivity index (χ2n) is 4.09. The molecule has 0 aliphatic carbocycles. The number of nitrogens with one attached hydrogen (secondary N) is 1. The summed E-state index contributed by atoms with van der Waals surface area (Å²) < 4.78 is 6.40. The first kappa shape index (κ1) is 16.7. The fourth-order valence-electron chi connectivity index (χ4n) is 1.47. The maximum atomic E-state index is 12.1. The molecule has 0 aromatic carbocycles. The number of hydrogen-bond acceptors (Lipinski definition) is 4. The van der Waals surface area contributed by atoms with Crippen molar-refractivity contribution in [2.24, 2.45) is 5.92 Å². The van der Waals surface area contributed by atoms with E-state index in [1.54, 1.807) is 6.07 Å². The van der Waals surface area contributed by atoms with Crippen LogP contribution in [-0.2, 0) is 9.53 Å². The van der Waals surface area contributed by atoms with E-state index in [0.717, 1.165) is 14.7 Å². The third-order valence-corrected chi connectivity index (χ3v) is 6.08. The molecule has 0 unspecified atom stereocenters. The Bertz CT molecular complexity index is 456. The summed E-state index contributed by atoms with van der Waals surface area (Å²) in [5.74, 6) is -0.673. The van der Waals surface area contributed by atoms with Crippen LogP contribution in [0.5, 0.6) is 0 Å². The number of carbonyl (C=O) groups excluding carboxylic acids is 2. The number of thiophene rings is 1. The molecular formula is C12H15Br2NO3S. The maximum absolute atomic E-state index is 12.1. The lowest BCUT2D eigenvalue weighted by Gasteiger charge is -2.21. The van der Waals surface area contributed by atoms with Gasteiger partial charge < -0.3 is 10.1 Å². The van der Waals surface area contributed by atoms with Crippen LogP contribution < -0.4 is 5.32 Å². The number of halogens is 2. The van der Waals surface area contributed by atoms with Crippen LogP contribution in [0.3, 0.4) is 0 Å². The van der Waals surface area contributed by atoms with Crippen molar-refractivity contribution in [1.82, 2.24) is 5.32 Å². The van der Waals surface area contributed by atoms with E-state index in [1.807, 2.05) is 13.8 Å². The minimum Gasteiger partial charge on any atom is -0.467 e. The molecule has 1 heterocycles. The van der Waals surface area contributed by atoms with E-state index in [4.69, 9.17) is 4.74 Å². The summed E-state index contributed by atoms with van der Waals surface area (Å²) in [7, 11) is 1.32. The highest BCUT2D eigenvalue weighted by molar-refractivity contribution is 9.13. The molecule has 0 radical (unpaired) electrons. The molecule has 1 rings (SSSR count). The normalized spacial score (nSPS) is 13.7. The van der Waals surface area contributed by atoms with Crippen molar-refractivity contribution in [1.29, 1.82) is 0 Å². The average Bonchev–Trinajstić information content (AvgIpc) is 2.74. The van der Waals surface area contributed by atoms with Crippen LogP contribution in [0.25, 0.3) is 0 Å². The topological polar surface area (TPSA) is 55.4 Å². The van der Waals surface area contributed by atoms with Crippen molar-refractivity contribution in [3.8, 4) is 0 Å². The van der Waals surface area contributed by atoms with E-state index in [2.05, 4.69) is 37.2 Å². The van der Waals surface area contributed by atoms with Gasteiger partial charge in [-0.05, 0) is 43.8 Å². The zero-order chi connectivity index (χ0) is 14.6. The molecule has 106 valence electrons. The monoisotopic (exact) mass is 411 g/mol. The third kappa shape index (κ3) is 4.29. The Balaban J connectivity index is 2.84. The van der Waals surface area contributed by atoms with E-state index < -0.39 is 12.0 Å². The molecule has 0 bridgehead atoms. The van der Waals surface area contributed by atoms with Crippen molar-refractivity contribution in [3.63, 3.8) is 0 Å². The number of amides is 1. The van der Waals surface area contributed by atoms with Gasteiger partial charge in [-0.2, -0.15) is 0 Å². The molecule has 0 spiro atoms. The second kappa shape index (κ2) is 7.40. The fraction of sp³-hybridized carbons (Fsp3) is 0.500. The van der Waals surface area contributed by atoms with Crippen LogP contribution in [-0.4, -0.2) is 25.0 Å². The van der Waals surface area contributed by atoms with Gasteiger partial charge in [0.2, 0.25) is 0 Å². The molecule has 1 amide bonds. The minimum atomic E-state index is -0.623. The van der Waals surface area contributed by atoms with E-state index in [9.17, 15) is 9.59 Å².